The number of ketones is 1. The number of hydrogen-bond acceptors (Lipinski definition) is 4. The standard InChI is InChI=1S/C32H30NO.C11H20O2.Ir/c1-21-18-27-26-6-2-3-7-29(26)34-31(27)28(19-21)30-25-9-8-23(20-24(25)12-17-33-30)22-10-15-32(16-11-22)13-4-5-14-32;1-8(2)5-10(12)7-11(13)6-9(3)4;/h2-3,6-9,12,17-18,20,22H,4-5,10-11,13-16H2,1H3;7-9,12H,5-6H2,1-4H3;/q-1;;/b;10-7-;. The Hall–Kier alpha value is -3.27. The molecule has 0 aliphatic heterocycles. The molecule has 5 heteroatoms. The number of carbonyl (C=O) groups excluding carboxylic acids is 1. The zero-order valence-electron chi connectivity index (χ0n) is 29.2. The number of para-hydroxylation sites is 1. The summed E-state index contributed by atoms with van der Waals surface area (Å²) in [6.45, 7) is 10.1. The van der Waals surface area contributed by atoms with Gasteiger partial charge in [0.2, 0.25) is 0 Å². The Bertz CT molecular complexity index is 1900. The Morgan fingerprint density at radius 2 is 1.65 bits per heavy atom. The van der Waals surface area contributed by atoms with Gasteiger partial charge in [0.05, 0.1) is 11.3 Å². The van der Waals surface area contributed by atoms with E-state index >= 15 is 0 Å². The Morgan fingerprint density at radius 1 is 0.938 bits per heavy atom. The van der Waals surface area contributed by atoms with Crippen LogP contribution in [0.1, 0.15) is 109 Å². The summed E-state index contributed by atoms with van der Waals surface area (Å²) in [6, 6.07) is 23.2. The number of fused-ring (bicyclic) bond motifs is 4. The average molecular weight is 821 g/mol. The molecule has 1 N–H and O–H groups in total. The fraction of sp³-hybridized carbons (Fsp3) is 0.442. The molecule has 2 aliphatic rings. The van der Waals surface area contributed by atoms with Crippen molar-refractivity contribution in [1.29, 1.82) is 0 Å². The summed E-state index contributed by atoms with van der Waals surface area (Å²) in [6.07, 6.45) is 15.8. The number of aryl methyl sites for hydroxylation is 1. The molecule has 0 bridgehead atoms. The topological polar surface area (TPSA) is 63.3 Å². The van der Waals surface area contributed by atoms with Crippen LogP contribution in [0.15, 0.2) is 77.0 Å². The van der Waals surface area contributed by atoms with Crippen LogP contribution < -0.4 is 0 Å². The number of furan rings is 1. The molecule has 4 nitrogen and oxygen atoms in total. The van der Waals surface area contributed by atoms with Gasteiger partial charge < -0.3 is 14.5 Å². The molecule has 255 valence electrons. The molecular formula is C43H50IrNO3-. The quantitative estimate of drug-likeness (QED) is 0.101. The van der Waals surface area contributed by atoms with Crippen molar-refractivity contribution < 1.29 is 34.4 Å². The minimum atomic E-state index is 0. The summed E-state index contributed by atoms with van der Waals surface area (Å²) in [7, 11) is 0. The molecule has 2 heterocycles. The summed E-state index contributed by atoms with van der Waals surface area (Å²) in [4.78, 5) is 16.0. The number of allylic oxidation sites excluding steroid dienone is 2. The maximum Gasteiger partial charge on any atom is 0.159 e. The van der Waals surface area contributed by atoms with Gasteiger partial charge in [-0.1, -0.05) is 94.8 Å². The number of hydrogen-bond donors (Lipinski definition) is 1. The fourth-order valence-corrected chi connectivity index (χ4v) is 8.03. The van der Waals surface area contributed by atoms with Gasteiger partial charge in [0.1, 0.15) is 5.58 Å². The zero-order valence-corrected chi connectivity index (χ0v) is 31.6. The van der Waals surface area contributed by atoms with Gasteiger partial charge in [0.25, 0.3) is 0 Å². The summed E-state index contributed by atoms with van der Waals surface area (Å²) in [5, 5.41) is 14.1. The van der Waals surface area contributed by atoms with E-state index in [1.54, 1.807) is 0 Å². The number of pyridine rings is 1. The maximum atomic E-state index is 11.2. The van der Waals surface area contributed by atoms with Crippen LogP contribution in [0.4, 0.5) is 0 Å². The molecule has 2 fully saturated rings. The Balaban J connectivity index is 0.000000277. The molecule has 3 aromatic carbocycles. The number of aliphatic hydroxyl groups excluding tert-OH is 1. The van der Waals surface area contributed by atoms with Crippen LogP contribution in [0.3, 0.4) is 0 Å². The first-order chi connectivity index (χ1) is 22.6. The van der Waals surface area contributed by atoms with E-state index in [1.807, 2.05) is 46.0 Å². The first-order valence-corrected chi connectivity index (χ1v) is 17.8. The molecule has 0 amide bonds. The maximum absolute atomic E-state index is 11.2. The van der Waals surface area contributed by atoms with E-state index in [0.29, 0.717) is 36.0 Å². The second kappa shape index (κ2) is 15.5. The summed E-state index contributed by atoms with van der Waals surface area (Å²) >= 11 is 0. The van der Waals surface area contributed by atoms with Crippen LogP contribution in [-0.4, -0.2) is 15.9 Å². The Morgan fingerprint density at radius 3 is 2.35 bits per heavy atom. The molecule has 2 saturated carbocycles. The van der Waals surface area contributed by atoms with E-state index in [1.165, 1.54) is 73.8 Å². The molecular weight excluding hydrogens is 771 g/mol. The first kappa shape index (κ1) is 36.0. The second-order valence-corrected chi connectivity index (χ2v) is 15.1. The first-order valence-electron chi connectivity index (χ1n) is 17.8. The van der Waals surface area contributed by atoms with Crippen LogP contribution in [0.2, 0.25) is 0 Å². The third-order valence-corrected chi connectivity index (χ3v) is 10.3. The van der Waals surface area contributed by atoms with Crippen molar-refractivity contribution in [2.45, 2.75) is 105 Å². The predicted molar refractivity (Wildman–Crippen MR) is 195 cm³/mol. The summed E-state index contributed by atoms with van der Waals surface area (Å²) in [5.74, 6) is 1.67. The summed E-state index contributed by atoms with van der Waals surface area (Å²) in [5.41, 5.74) is 7.01. The molecule has 1 radical (unpaired) electrons. The molecule has 7 rings (SSSR count). The van der Waals surface area contributed by atoms with Crippen LogP contribution >= 0.6 is 0 Å². The van der Waals surface area contributed by atoms with Gasteiger partial charge >= 0.3 is 0 Å². The van der Waals surface area contributed by atoms with Gasteiger partial charge in [-0.3, -0.25) is 4.79 Å². The third-order valence-electron chi connectivity index (χ3n) is 10.3. The van der Waals surface area contributed by atoms with Crippen LogP contribution in [0.5, 0.6) is 0 Å². The van der Waals surface area contributed by atoms with Crippen LogP contribution in [-0.2, 0) is 24.9 Å². The van der Waals surface area contributed by atoms with E-state index in [0.717, 1.165) is 38.8 Å². The molecule has 0 saturated heterocycles. The second-order valence-electron chi connectivity index (χ2n) is 15.1. The van der Waals surface area contributed by atoms with Gasteiger partial charge in [-0.2, -0.15) is 0 Å². The normalized spacial score (nSPS) is 16.5. The van der Waals surface area contributed by atoms with Gasteiger partial charge in [-0.25, -0.2) is 0 Å². The van der Waals surface area contributed by atoms with Crippen molar-refractivity contribution in [3.8, 4) is 11.3 Å². The average Bonchev–Trinajstić information content (AvgIpc) is 3.64. The predicted octanol–water partition coefficient (Wildman–Crippen LogP) is 12.2. The van der Waals surface area contributed by atoms with E-state index < -0.39 is 0 Å². The smallest absolute Gasteiger partial charge is 0.159 e. The van der Waals surface area contributed by atoms with Gasteiger partial charge in [0.15, 0.2) is 5.78 Å². The van der Waals surface area contributed by atoms with Crippen molar-refractivity contribution >= 4 is 38.5 Å². The Kier molecular flexibility index (Phi) is 11.6. The fourth-order valence-electron chi connectivity index (χ4n) is 8.03. The molecule has 1 spiro atoms. The minimum Gasteiger partial charge on any atom is -0.512 e. The van der Waals surface area contributed by atoms with Gasteiger partial charge in [-0.15, -0.1) is 17.7 Å². The van der Waals surface area contributed by atoms with E-state index in [-0.39, 0.29) is 31.6 Å². The van der Waals surface area contributed by atoms with E-state index in [2.05, 4.69) is 55.5 Å². The number of benzene rings is 3. The van der Waals surface area contributed by atoms with Crippen molar-refractivity contribution in [1.82, 2.24) is 4.98 Å². The number of rotatable bonds is 7. The molecule has 2 aliphatic carbocycles. The van der Waals surface area contributed by atoms with Crippen molar-refractivity contribution in [2.24, 2.45) is 17.3 Å². The molecule has 48 heavy (non-hydrogen) atoms. The van der Waals surface area contributed by atoms with E-state index in [9.17, 15) is 9.90 Å². The van der Waals surface area contributed by atoms with Crippen LogP contribution in [0.25, 0.3) is 44.0 Å². The van der Waals surface area contributed by atoms with Crippen molar-refractivity contribution in [3.63, 3.8) is 0 Å². The summed E-state index contributed by atoms with van der Waals surface area (Å²) < 4.78 is 6.34. The molecule has 2 aromatic heterocycles. The van der Waals surface area contributed by atoms with Gasteiger partial charge in [-0.05, 0) is 95.9 Å². The zero-order chi connectivity index (χ0) is 33.1. The minimum absolute atomic E-state index is 0. The molecule has 0 unspecified atom stereocenters. The number of aromatic nitrogens is 1. The number of aliphatic hydroxyl groups is 1. The molecule has 0 atom stereocenters. The SMILES string of the molecule is CC(C)CC(=O)/C=C(\O)CC(C)C.Cc1[c-]c(-c2nccc3cc(C4CCC5(CCCC5)CC4)ccc23)c2oc3ccccc3c2c1.[Ir]. The molecule has 5 aromatic rings. The van der Waals surface area contributed by atoms with Crippen LogP contribution in [0, 0.1) is 30.2 Å². The largest absolute Gasteiger partial charge is 0.512 e. The number of nitrogens with zero attached hydrogens (tertiary/aromatic N) is 1. The third kappa shape index (κ3) is 8.12. The monoisotopic (exact) mass is 821 g/mol. The van der Waals surface area contributed by atoms with E-state index in [4.69, 9.17) is 9.40 Å². The number of carbonyl (C=O) groups is 1. The Labute approximate surface area is 299 Å². The van der Waals surface area contributed by atoms with Crippen molar-refractivity contribution in [3.05, 3.63) is 89.8 Å². The van der Waals surface area contributed by atoms with Crippen molar-refractivity contribution in [2.75, 3.05) is 0 Å². The van der Waals surface area contributed by atoms with Gasteiger partial charge in [0, 0.05) is 50.6 Å².